The smallest absolute Gasteiger partial charge is 0.251 e. The second-order valence-electron chi connectivity index (χ2n) is 4.61. The Hall–Kier alpha value is -1.75. The molecule has 0 bridgehead atoms. The normalized spacial score (nSPS) is 13.6. The molecule has 0 unspecified atom stereocenters. The first kappa shape index (κ1) is 11.7. The Morgan fingerprint density at radius 3 is 2.82 bits per heavy atom. The highest BCUT2D eigenvalue weighted by atomic mass is 16.7. The predicted molar refractivity (Wildman–Crippen MR) is 63.2 cm³/mol. The van der Waals surface area contributed by atoms with Crippen LogP contribution in [0.2, 0.25) is 0 Å². The fourth-order valence-corrected chi connectivity index (χ4v) is 1.47. The quantitative estimate of drug-likeness (QED) is 0.817. The van der Waals surface area contributed by atoms with Gasteiger partial charge in [-0.3, -0.25) is 4.79 Å². The third-order valence-electron chi connectivity index (χ3n) is 2.60. The fraction of sp³-hybridized carbons (Fsp3) is 0.417. The van der Waals surface area contributed by atoms with E-state index in [0.717, 1.165) is 0 Å². The average Bonchev–Trinajstić information content (AvgIpc) is 2.75. The van der Waals surface area contributed by atoms with Gasteiger partial charge in [0.25, 0.3) is 5.91 Å². The van der Waals surface area contributed by atoms with Crippen LogP contribution in [0.3, 0.4) is 0 Å². The lowest BCUT2D eigenvalue weighted by atomic mass is 10.1. The molecule has 0 spiro atoms. The summed E-state index contributed by atoms with van der Waals surface area (Å²) in [5.74, 6) is 1.10. The molecule has 2 rings (SSSR count). The number of amides is 1. The monoisotopic (exact) mass is 236 g/mol. The summed E-state index contributed by atoms with van der Waals surface area (Å²) in [5, 5.41) is 2.85. The minimum absolute atomic E-state index is 0.168. The number of hydrogen-bond acceptors (Lipinski definition) is 4. The lowest BCUT2D eigenvalue weighted by molar-refractivity contribution is 0.0915. The number of fused-ring (bicyclic) bond motifs is 1. The Labute approximate surface area is 99.9 Å². The van der Waals surface area contributed by atoms with Crippen LogP contribution in [0, 0.1) is 0 Å². The predicted octanol–water partition coefficient (Wildman–Crippen LogP) is 0.882. The number of nitrogens with two attached hydrogens (primary N) is 1. The van der Waals surface area contributed by atoms with E-state index < -0.39 is 5.54 Å². The molecule has 0 aromatic heterocycles. The summed E-state index contributed by atoms with van der Waals surface area (Å²) in [4.78, 5) is 12.0. The van der Waals surface area contributed by atoms with Crippen molar-refractivity contribution < 1.29 is 14.3 Å². The number of carbonyl (C=O) groups excluding carboxylic acids is 1. The van der Waals surface area contributed by atoms with Crippen LogP contribution in [0.5, 0.6) is 11.5 Å². The molecule has 0 saturated heterocycles. The molecule has 1 aliphatic rings. The van der Waals surface area contributed by atoms with Gasteiger partial charge < -0.3 is 20.5 Å². The molecule has 92 valence electrons. The Kier molecular flexibility index (Phi) is 2.93. The molecule has 0 atom stereocenters. The minimum Gasteiger partial charge on any atom is -0.454 e. The Balaban J connectivity index is 2.15. The maximum atomic E-state index is 12.0. The molecule has 0 aliphatic carbocycles. The lowest BCUT2D eigenvalue weighted by Gasteiger charge is -2.24. The summed E-state index contributed by atoms with van der Waals surface area (Å²) >= 11 is 0. The molecule has 1 aliphatic heterocycles. The van der Waals surface area contributed by atoms with Gasteiger partial charge in [-0.25, -0.2) is 0 Å². The number of nitrogens with one attached hydrogen (secondary N) is 1. The molecule has 5 heteroatoms. The van der Waals surface area contributed by atoms with Crippen LogP contribution in [-0.4, -0.2) is 24.8 Å². The van der Waals surface area contributed by atoms with E-state index in [-0.39, 0.29) is 12.7 Å². The van der Waals surface area contributed by atoms with Crippen molar-refractivity contribution in [2.24, 2.45) is 5.73 Å². The van der Waals surface area contributed by atoms with Gasteiger partial charge in [-0.15, -0.1) is 0 Å². The van der Waals surface area contributed by atoms with Gasteiger partial charge >= 0.3 is 0 Å². The number of ether oxygens (including phenoxy) is 2. The van der Waals surface area contributed by atoms with Gasteiger partial charge in [-0.2, -0.15) is 0 Å². The highest BCUT2D eigenvalue weighted by Gasteiger charge is 2.21. The third-order valence-corrected chi connectivity index (χ3v) is 2.60. The lowest BCUT2D eigenvalue weighted by Crippen LogP contribution is -2.48. The van der Waals surface area contributed by atoms with Gasteiger partial charge in [-0.1, -0.05) is 0 Å². The Morgan fingerprint density at radius 1 is 1.41 bits per heavy atom. The van der Waals surface area contributed by atoms with Gasteiger partial charge in [0.05, 0.1) is 0 Å². The first-order valence-electron chi connectivity index (χ1n) is 5.44. The van der Waals surface area contributed by atoms with Crippen LogP contribution in [0.15, 0.2) is 18.2 Å². The van der Waals surface area contributed by atoms with Crippen molar-refractivity contribution >= 4 is 5.91 Å². The first-order chi connectivity index (χ1) is 8.02. The molecule has 1 aromatic carbocycles. The van der Waals surface area contributed by atoms with E-state index in [9.17, 15) is 4.79 Å². The Bertz CT molecular complexity index is 443. The molecule has 1 amide bonds. The standard InChI is InChI=1S/C12H16N2O3/c1-12(2,6-13)14-11(15)8-3-4-9-10(5-8)17-7-16-9/h3-5H,6-7,13H2,1-2H3,(H,14,15). The molecular weight excluding hydrogens is 220 g/mol. The summed E-state index contributed by atoms with van der Waals surface area (Å²) in [6.07, 6.45) is 0. The van der Waals surface area contributed by atoms with Crippen LogP contribution >= 0.6 is 0 Å². The van der Waals surface area contributed by atoms with Crippen LogP contribution in [0.1, 0.15) is 24.2 Å². The van der Waals surface area contributed by atoms with E-state index in [4.69, 9.17) is 15.2 Å². The molecule has 1 heterocycles. The summed E-state index contributed by atoms with van der Waals surface area (Å²) in [6.45, 7) is 4.33. The van der Waals surface area contributed by atoms with E-state index in [1.165, 1.54) is 0 Å². The average molecular weight is 236 g/mol. The van der Waals surface area contributed by atoms with Gasteiger partial charge in [0, 0.05) is 17.6 Å². The van der Waals surface area contributed by atoms with E-state index in [0.29, 0.717) is 23.6 Å². The summed E-state index contributed by atoms with van der Waals surface area (Å²) in [7, 11) is 0. The first-order valence-corrected chi connectivity index (χ1v) is 5.44. The van der Waals surface area contributed by atoms with Crippen LogP contribution in [0.25, 0.3) is 0 Å². The van der Waals surface area contributed by atoms with E-state index in [2.05, 4.69) is 5.32 Å². The number of benzene rings is 1. The minimum atomic E-state index is -0.423. The number of hydrogen-bond donors (Lipinski definition) is 2. The molecule has 17 heavy (non-hydrogen) atoms. The Morgan fingerprint density at radius 2 is 2.12 bits per heavy atom. The highest BCUT2D eigenvalue weighted by Crippen LogP contribution is 2.32. The van der Waals surface area contributed by atoms with Crippen molar-refractivity contribution in [3.05, 3.63) is 23.8 Å². The summed E-state index contributed by atoms with van der Waals surface area (Å²) in [6, 6.07) is 5.10. The second-order valence-corrected chi connectivity index (χ2v) is 4.61. The van der Waals surface area contributed by atoms with E-state index in [1.54, 1.807) is 18.2 Å². The molecule has 3 N–H and O–H groups in total. The van der Waals surface area contributed by atoms with Crippen molar-refractivity contribution in [3.63, 3.8) is 0 Å². The van der Waals surface area contributed by atoms with Crippen molar-refractivity contribution in [3.8, 4) is 11.5 Å². The van der Waals surface area contributed by atoms with Gasteiger partial charge in [-0.05, 0) is 32.0 Å². The third kappa shape index (κ3) is 2.50. The van der Waals surface area contributed by atoms with Gasteiger partial charge in [0.2, 0.25) is 6.79 Å². The summed E-state index contributed by atoms with van der Waals surface area (Å²) < 4.78 is 10.4. The number of rotatable bonds is 3. The molecule has 0 saturated carbocycles. The van der Waals surface area contributed by atoms with E-state index >= 15 is 0 Å². The van der Waals surface area contributed by atoms with Gasteiger partial charge in [0.1, 0.15) is 0 Å². The van der Waals surface area contributed by atoms with Crippen molar-refractivity contribution in [2.75, 3.05) is 13.3 Å². The van der Waals surface area contributed by atoms with E-state index in [1.807, 2.05) is 13.8 Å². The maximum Gasteiger partial charge on any atom is 0.251 e. The SMILES string of the molecule is CC(C)(CN)NC(=O)c1ccc2c(c1)OCO2. The van der Waals surface area contributed by atoms with Crippen molar-refractivity contribution in [1.29, 1.82) is 0 Å². The topological polar surface area (TPSA) is 73.6 Å². The van der Waals surface area contributed by atoms with Crippen molar-refractivity contribution in [2.45, 2.75) is 19.4 Å². The molecule has 5 nitrogen and oxygen atoms in total. The van der Waals surface area contributed by atoms with Crippen LogP contribution in [-0.2, 0) is 0 Å². The van der Waals surface area contributed by atoms with Gasteiger partial charge in [0.15, 0.2) is 11.5 Å². The largest absolute Gasteiger partial charge is 0.454 e. The van der Waals surface area contributed by atoms with Crippen LogP contribution < -0.4 is 20.5 Å². The zero-order chi connectivity index (χ0) is 12.5. The fourth-order valence-electron chi connectivity index (χ4n) is 1.47. The zero-order valence-corrected chi connectivity index (χ0v) is 9.95. The molecule has 1 aromatic rings. The molecule has 0 fully saturated rings. The highest BCUT2D eigenvalue weighted by molar-refractivity contribution is 5.95. The van der Waals surface area contributed by atoms with Crippen molar-refractivity contribution in [1.82, 2.24) is 5.32 Å². The molecular formula is C12H16N2O3. The maximum absolute atomic E-state index is 12.0. The number of carbonyl (C=O) groups is 1. The summed E-state index contributed by atoms with van der Waals surface area (Å²) in [5.41, 5.74) is 5.68. The second kappa shape index (κ2) is 4.25. The molecule has 0 radical (unpaired) electrons. The van der Waals surface area contributed by atoms with Crippen LogP contribution in [0.4, 0.5) is 0 Å². The zero-order valence-electron chi connectivity index (χ0n) is 9.95.